The predicted molar refractivity (Wildman–Crippen MR) is 81.9 cm³/mol. The molecule has 4 nitrogen and oxygen atoms in total. The summed E-state index contributed by atoms with van der Waals surface area (Å²) in [5.41, 5.74) is 7.74. The van der Waals surface area contributed by atoms with Crippen LogP contribution in [0.25, 0.3) is 11.0 Å². The number of para-hydroxylation sites is 1. The molecular formula is C17H16N2O2. The summed E-state index contributed by atoms with van der Waals surface area (Å²) in [6.45, 7) is 0.361. The minimum atomic E-state index is -0.252. The Balaban J connectivity index is 1.66. The molecule has 4 heteroatoms. The quantitative estimate of drug-likeness (QED) is 0.772. The molecule has 106 valence electrons. The molecule has 0 bridgehead atoms. The van der Waals surface area contributed by atoms with Gasteiger partial charge >= 0.3 is 0 Å². The van der Waals surface area contributed by atoms with Crippen molar-refractivity contribution in [1.82, 2.24) is 5.32 Å². The molecule has 1 amide bonds. The van der Waals surface area contributed by atoms with E-state index in [1.54, 1.807) is 6.07 Å². The predicted octanol–water partition coefficient (Wildman–Crippen LogP) is 2.86. The van der Waals surface area contributed by atoms with Gasteiger partial charge in [0, 0.05) is 18.0 Å². The number of nitrogens with two attached hydrogens (primary N) is 1. The molecule has 3 N–H and O–H groups in total. The monoisotopic (exact) mass is 280 g/mol. The van der Waals surface area contributed by atoms with E-state index >= 15 is 0 Å². The van der Waals surface area contributed by atoms with E-state index < -0.39 is 0 Å². The second-order valence-electron chi connectivity index (χ2n) is 4.88. The van der Waals surface area contributed by atoms with Crippen LogP contribution in [0.1, 0.15) is 22.2 Å². The van der Waals surface area contributed by atoms with Gasteiger partial charge in [-0.05, 0) is 17.7 Å². The molecule has 0 radical (unpaired) electrons. The maximum Gasteiger partial charge on any atom is 0.287 e. The number of carbonyl (C=O) groups is 1. The number of fused-ring (bicyclic) bond motifs is 1. The Morgan fingerprint density at radius 2 is 1.81 bits per heavy atom. The Morgan fingerprint density at radius 1 is 1.10 bits per heavy atom. The van der Waals surface area contributed by atoms with Crippen LogP contribution in [-0.4, -0.2) is 12.5 Å². The van der Waals surface area contributed by atoms with Gasteiger partial charge in [-0.15, -0.1) is 0 Å². The van der Waals surface area contributed by atoms with E-state index in [1.807, 2.05) is 54.6 Å². The zero-order valence-corrected chi connectivity index (χ0v) is 11.5. The number of hydrogen-bond donors (Lipinski definition) is 2. The minimum absolute atomic E-state index is 0.237. The zero-order chi connectivity index (χ0) is 14.7. The van der Waals surface area contributed by atoms with Crippen LogP contribution in [0.4, 0.5) is 0 Å². The maximum atomic E-state index is 12.1. The average Bonchev–Trinajstić information content (AvgIpc) is 2.97. The number of furan rings is 1. The van der Waals surface area contributed by atoms with E-state index in [9.17, 15) is 4.79 Å². The fraction of sp³-hybridized carbons (Fsp3) is 0.118. The summed E-state index contributed by atoms with van der Waals surface area (Å²) in [5.74, 6) is 0.0500. The first-order valence-electron chi connectivity index (χ1n) is 6.81. The van der Waals surface area contributed by atoms with Crippen LogP contribution in [0.3, 0.4) is 0 Å². The SMILES string of the molecule is N[C@H](CNC(=O)c1cc2ccccc2o1)c1ccccc1. The van der Waals surface area contributed by atoms with Crippen molar-refractivity contribution in [3.8, 4) is 0 Å². The summed E-state index contributed by atoms with van der Waals surface area (Å²) in [5, 5.41) is 3.71. The Hall–Kier alpha value is -2.59. The zero-order valence-electron chi connectivity index (χ0n) is 11.5. The minimum Gasteiger partial charge on any atom is -0.451 e. The highest BCUT2D eigenvalue weighted by molar-refractivity contribution is 5.96. The summed E-state index contributed by atoms with van der Waals surface area (Å²) >= 11 is 0. The molecule has 3 aromatic rings. The molecule has 21 heavy (non-hydrogen) atoms. The molecule has 0 saturated heterocycles. The van der Waals surface area contributed by atoms with E-state index in [1.165, 1.54) is 0 Å². The van der Waals surface area contributed by atoms with Gasteiger partial charge in [-0.3, -0.25) is 4.79 Å². The highest BCUT2D eigenvalue weighted by Crippen LogP contribution is 2.18. The van der Waals surface area contributed by atoms with Gasteiger partial charge in [0.15, 0.2) is 5.76 Å². The van der Waals surface area contributed by atoms with Crippen molar-refractivity contribution in [2.45, 2.75) is 6.04 Å². The van der Waals surface area contributed by atoms with Crippen LogP contribution in [0, 0.1) is 0 Å². The fourth-order valence-corrected chi connectivity index (χ4v) is 2.20. The first-order chi connectivity index (χ1) is 10.2. The summed E-state index contributed by atoms with van der Waals surface area (Å²) < 4.78 is 5.51. The van der Waals surface area contributed by atoms with Crippen LogP contribution >= 0.6 is 0 Å². The largest absolute Gasteiger partial charge is 0.451 e. The molecule has 0 fully saturated rings. The maximum absolute atomic E-state index is 12.1. The van der Waals surface area contributed by atoms with Crippen LogP contribution in [0.2, 0.25) is 0 Å². The van der Waals surface area contributed by atoms with Gasteiger partial charge < -0.3 is 15.5 Å². The number of carbonyl (C=O) groups excluding carboxylic acids is 1. The molecule has 1 heterocycles. The van der Waals surface area contributed by atoms with Crippen molar-refractivity contribution in [1.29, 1.82) is 0 Å². The van der Waals surface area contributed by atoms with Crippen molar-refractivity contribution in [2.75, 3.05) is 6.54 Å². The Labute approximate surface area is 122 Å². The van der Waals surface area contributed by atoms with Crippen LogP contribution in [-0.2, 0) is 0 Å². The normalized spacial score (nSPS) is 12.2. The highest BCUT2D eigenvalue weighted by atomic mass is 16.3. The van der Waals surface area contributed by atoms with E-state index in [0.717, 1.165) is 10.9 Å². The second-order valence-corrected chi connectivity index (χ2v) is 4.88. The molecule has 1 aromatic heterocycles. The van der Waals surface area contributed by atoms with Gasteiger partial charge in [-0.2, -0.15) is 0 Å². The van der Waals surface area contributed by atoms with E-state index in [2.05, 4.69) is 5.32 Å². The van der Waals surface area contributed by atoms with Gasteiger partial charge in [0.2, 0.25) is 0 Å². The average molecular weight is 280 g/mol. The third-order valence-electron chi connectivity index (χ3n) is 3.36. The molecule has 0 saturated carbocycles. The number of nitrogens with one attached hydrogen (secondary N) is 1. The first-order valence-corrected chi connectivity index (χ1v) is 6.81. The van der Waals surface area contributed by atoms with Crippen molar-refractivity contribution in [2.24, 2.45) is 5.73 Å². The molecule has 0 aliphatic heterocycles. The van der Waals surface area contributed by atoms with Crippen molar-refractivity contribution < 1.29 is 9.21 Å². The van der Waals surface area contributed by atoms with Crippen LogP contribution in [0.5, 0.6) is 0 Å². The summed E-state index contributed by atoms with van der Waals surface area (Å²) in [4.78, 5) is 12.1. The van der Waals surface area contributed by atoms with Crippen molar-refractivity contribution in [3.63, 3.8) is 0 Å². The van der Waals surface area contributed by atoms with Crippen molar-refractivity contribution in [3.05, 3.63) is 72.0 Å². The molecule has 2 aromatic carbocycles. The van der Waals surface area contributed by atoms with E-state index in [-0.39, 0.29) is 11.9 Å². The Kier molecular flexibility index (Phi) is 3.71. The van der Waals surface area contributed by atoms with Gasteiger partial charge in [0.05, 0.1) is 0 Å². The molecule has 1 atom stereocenters. The molecular weight excluding hydrogens is 264 g/mol. The molecule has 0 aliphatic rings. The van der Waals surface area contributed by atoms with Gasteiger partial charge in [0.1, 0.15) is 5.58 Å². The standard InChI is InChI=1S/C17H16N2O2/c18-14(12-6-2-1-3-7-12)11-19-17(20)16-10-13-8-4-5-9-15(13)21-16/h1-10,14H,11,18H2,(H,19,20)/t14-/m1/s1. The van der Waals surface area contributed by atoms with E-state index in [0.29, 0.717) is 17.9 Å². The summed E-state index contributed by atoms with van der Waals surface area (Å²) in [6, 6.07) is 18.7. The molecule has 0 aliphatic carbocycles. The lowest BCUT2D eigenvalue weighted by atomic mass is 10.1. The lowest BCUT2D eigenvalue weighted by Gasteiger charge is -2.12. The van der Waals surface area contributed by atoms with Gasteiger partial charge in [0.25, 0.3) is 5.91 Å². The van der Waals surface area contributed by atoms with Crippen LogP contribution in [0.15, 0.2) is 65.1 Å². The Morgan fingerprint density at radius 3 is 2.57 bits per heavy atom. The second kappa shape index (κ2) is 5.81. The number of rotatable bonds is 4. The lowest BCUT2D eigenvalue weighted by molar-refractivity contribution is 0.0925. The van der Waals surface area contributed by atoms with Crippen LogP contribution < -0.4 is 11.1 Å². The summed E-state index contributed by atoms with van der Waals surface area (Å²) in [6.07, 6.45) is 0. The third-order valence-corrected chi connectivity index (χ3v) is 3.36. The highest BCUT2D eigenvalue weighted by Gasteiger charge is 2.13. The first kappa shape index (κ1) is 13.4. The molecule has 3 rings (SSSR count). The topological polar surface area (TPSA) is 68.3 Å². The van der Waals surface area contributed by atoms with Gasteiger partial charge in [-0.25, -0.2) is 0 Å². The third kappa shape index (κ3) is 2.95. The van der Waals surface area contributed by atoms with Gasteiger partial charge in [-0.1, -0.05) is 48.5 Å². The smallest absolute Gasteiger partial charge is 0.287 e. The fourth-order valence-electron chi connectivity index (χ4n) is 2.20. The summed E-state index contributed by atoms with van der Waals surface area (Å²) in [7, 11) is 0. The van der Waals surface area contributed by atoms with E-state index in [4.69, 9.17) is 10.2 Å². The number of benzene rings is 2. The molecule has 0 unspecified atom stereocenters. The number of hydrogen-bond acceptors (Lipinski definition) is 3. The Bertz CT molecular complexity index is 717. The lowest BCUT2D eigenvalue weighted by Crippen LogP contribution is -2.31. The number of amides is 1. The molecule has 0 spiro atoms. The van der Waals surface area contributed by atoms with Crippen molar-refractivity contribution >= 4 is 16.9 Å².